The average Bonchev–Trinajstić information content (AvgIpc) is 3.32. The predicted molar refractivity (Wildman–Crippen MR) is 84.9 cm³/mol. The maximum Gasteiger partial charge on any atom is 0.191 e. The minimum atomic E-state index is -0.337. The van der Waals surface area contributed by atoms with Crippen molar-refractivity contribution in [2.45, 2.75) is 43.5 Å². The third-order valence-corrected chi connectivity index (χ3v) is 4.76. The van der Waals surface area contributed by atoms with Crippen LogP contribution in [-0.2, 0) is 6.61 Å². The molecule has 0 spiro atoms. The van der Waals surface area contributed by atoms with Crippen molar-refractivity contribution >= 4 is 17.5 Å². The Morgan fingerprint density at radius 1 is 1.30 bits per heavy atom. The van der Waals surface area contributed by atoms with Crippen LogP contribution in [0.25, 0.3) is 0 Å². The first-order valence-electron chi connectivity index (χ1n) is 7.65. The van der Waals surface area contributed by atoms with Gasteiger partial charge in [0.15, 0.2) is 16.8 Å². The molecule has 3 rings (SSSR count). The van der Waals surface area contributed by atoms with Crippen LogP contribution >= 0.6 is 11.8 Å². The van der Waals surface area contributed by atoms with Gasteiger partial charge in [0, 0.05) is 23.8 Å². The highest BCUT2D eigenvalue weighted by Gasteiger charge is 2.29. The molecule has 1 N–H and O–H groups in total. The van der Waals surface area contributed by atoms with Gasteiger partial charge in [0.2, 0.25) is 0 Å². The van der Waals surface area contributed by atoms with Gasteiger partial charge >= 0.3 is 0 Å². The van der Waals surface area contributed by atoms with E-state index < -0.39 is 0 Å². The van der Waals surface area contributed by atoms with E-state index in [2.05, 4.69) is 10.2 Å². The Morgan fingerprint density at radius 3 is 2.70 bits per heavy atom. The highest BCUT2D eigenvalue weighted by atomic mass is 32.2. The van der Waals surface area contributed by atoms with E-state index in [4.69, 9.17) is 0 Å². The number of aliphatic hydroxyl groups excluding tert-OH is 1. The van der Waals surface area contributed by atoms with Crippen LogP contribution in [0.5, 0.6) is 0 Å². The SMILES string of the molecule is O=C(CCCSc1nnc(CO)n1C1CC1)c1ccc(F)cc1. The van der Waals surface area contributed by atoms with Gasteiger partial charge < -0.3 is 9.67 Å². The molecular formula is C16H18FN3O2S. The van der Waals surface area contributed by atoms with Gasteiger partial charge in [-0.3, -0.25) is 4.79 Å². The Balaban J connectivity index is 1.49. The predicted octanol–water partition coefficient (Wildman–Crippen LogP) is 3.00. The zero-order chi connectivity index (χ0) is 16.2. The lowest BCUT2D eigenvalue weighted by atomic mass is 10.1. The number of Topliss-reactive ketones (excluding diaryl/α,β-unsaturated/α-hetero) is 1. The lowest BCUT2D eigenvalue weighted by molar-refractivity contribution is 0.0982. The molecule has 0 unspecified atom stereocenters. The number of halogens is 1. The van der Waals surface area contributed by atoms with Crippen molar-refractivity contribution in [1.82, 2.24) is 14.8 Å². The fraction of sp³-hybridized carbons (Fsp3) is 0.438. The maximum atomic E-state index is 12.8. The van der Waals surface area contributed by atoms with Gasteiger partial charge in [-0.15, -0.1) is 10.2 Å². The van der Waals surface area contributed by atoms with E-state index in [0.29, 0.717) is 30.3 Å². The number of hydrogen-bond acceptors (Lipinski definition) is 5. The number of carbonyl (C=O) groups is 1. The van der Waals surface area contributed by atoms with Crippen LogP contribution in [0.2, 0.25) is 0 Å². The first kappa shape index (κ1) is 16.1. The summed E-state index contributed by atoms with van der Waals surface area (Å²) in [5.74, 6) is 1.04. The first-order chi connectivity index (χ1) is 11.2. The number of benzene rings is 1. The van der Waals surface area contributed by atoms with Crippen molar-refractivity contribution < 1.29 is 14.3 Å². The third kappa shape index (κ3) is 3.97. The smallest absolute Gasteiger partial charge is 0.191 e. The Bertz CT molecular complexity index is 683. The fourth-order valence-electron chi connectivity index (χ4n) is 2.39. The standard InChI is InChI=1S/C16H18FN3O2S/c17-12-5-3-11(4-6-12)14(22)2-1-9-23-16-19-18-15(10-21)20(16)13-7-8-13/h3-6,13,21H,1-2,7-10H2. The van der Waals surface area contributed by atoms with Gasteiger partial charge in [-0.05, 0) is 43.5 Å². The zero-order valence-corrected chi connectivity index (χ0v) is 13.4. The van der Waals surface area contributed by atoms with E-state index in [0.717, 1.165) is 23.8 Å². The number of thioether (sulfide) groups is 1. The molecule has 23 heavy (non-hydrogen) atoms. The summed E-state index contributed by atoms with van der Waals surface area (Å²) in [7, 11) is 0. The molecule has 0 atom stereocenters. The van der Waals surface area contributed by atoms with Gasteiger partial charge in [-0.25, -0.2) is 4.39 Å². The van der Waals surface area contributed by atoms with Gasteiger partial charge in [-0.1, -0.05) is 11.8 Å². The molecule has 0 amide bonds. The second kappa shape index (κ2) is 7.23. The molecule has 1 fully saturated rings. The summed E-state index contributed by atoms with van der Waals surface area (Å²) in [6.07, 6.45) is 3.33. The zero-order valence-electron chi connectivity index (χ0n) is 12.6. The van der Waals surface area contributed by atoms with Gasteiger partial charge in [0.05, 0.1) is 0 Å². The Labute approximate surface area is 137 Å². The summed E-state index contributed by atoms with van der Waals surface area (Å²) in [5.41, 5.74) is 0.542. The summed E-state index contributed by atoms with van der Waals surface area (Å²) in [5, 5.41) is 18.2. The monoisotopic (exact) mass is 335 g/mol. The molecule has 1 aliphatic carbocycles. The lowest BCUT2D eigenvalue weighted by Gasteiger charge is -2.07. The molecule has 0 radical (unpaired) electrons. The summed E-state index contributed by atoms with van der Waals surface area (Å²) < 4.78 is 14.8. The summed E-state index contributed by atoms with van der Waals surface area (Å²) in [6, 6.07) is 6.05. The van der Waals surface area contributed by atoms with Crippen molar-refractivity contribution in [1.29, 1.82) is 0 Å². The molecule has 1 aromatic heterocycles. The summed E-state index contributed by atoms with van der Waals surface area (Å²) in [6.45, 7) is -0.104. The van der Waals surface area contributed by atoms with Gasteiger partial charge in [0.1, 0.15) is 12.4 Å². The van der Waals surface area contributed by atoms with E-state index >= 15 is 0 Å². The first-order valence-corrected chi connectivity index (χ1v) is 8.64. The highest BCUT2D eigenvalue weighted by molar-refractivity contribution is 7.99. The molecule has 0 aliphatic heterocycles. The summed E-state index contributed by atoms with van der Waals surface area (Å²) >= 11 is 1.56. The van der Waals surface area contributed by atoms with Gasteiger partial charge in [0.25, 0.3) is 0 Å². The number of aliphatic hydroxyl groups is 1. The topological polar surface area (TPSA) is 68.0 Å². The van der Waals surface area contributed by atoms with E-state index in [-0.39, 0.29) is 18.2 Å². The molecular weight excluding hydrogens is 317 g/mol. The number of rotatable bonds is 8. The van der Waals surface area contributed by atoms with Crippen LogP contribution in [-0.4, -0.2) is 31.4 Å². The minimum Gasteiger partial charge on any atom is -0.388 e. The van der Waals surface area contributed by atoms with E-state index in [1.807, 2.05) is 4.57 Å². The number of nitrogens with zero attached hydrogens (tertiary/aromatic N) is 3. The molecule has 1 saturated carbocycles. The number of carbonyl (C=O) groups excluding carboxylic acids is 1. The number of aromatic nitrogens is 3. The normalized spacial score (nSPS) is 14.2. The van der Waals surface area contributed by atoms with Crippen LogP contribution in [0.3, 0.4) is 0 Å². The molecule has 7 heteroatoms. The molecule has 1 aliphatic rings. The van der Waals surface area contributed by atoms with Crippen LogP contribution in [0.1, 0.15) is 47.9 Å². The second-order valence-electron chi connectivity index (χ2n) is 5.54. The van der Waals surface area contributed by atoms with E-state index in [9.17, 15) is 14.3 Å². The van der Waals surface area contributed by atoms with Crippen molar-refractivity contribution in [2.24, 2.45) is 0 Å². The molecule has 0 saturated heterocycles. The fourth-order valence-corrected chi connectivity index (χ4v) is 3.35. The molecule has 1 aromatic carbocycles. The molecule has 1 heterocycles. The quantitative estimate of drug-likeness (QED) is 0.456. The van der Waals surface area contributed by atoms with E-state index in [1.54, 1.807) is 11.8 Å². The Morgan fingerprint density at radius 2 is 2.04 bits per heavy atom. The van der Waals surface area contributed by atoms with Crippen molar-refractivity contribution in [3.63, 3.8) is 0 Å². The average molecular weight is 335 g/mol. The Kier molecular flexibility index (Phi) is 5.07. The molecule has 5 nitrogen and oxygen atoms in total. The van der Waals surface area contributed by atoms with Crippen molar-refractivity contribution in [2.75, 3.05) is 5.75 Å². The van der Waals surface area contributed by atoms with Crippen LogP contribution < -0.4 is 0 Å². The largest absolute Gasteiger partial charge is 0.388 e. The molecule has 2 aromatic rings. The van der Waals surface area contributed by atoms with Crippen LogP contribution in [0.4, 0.5) is 4.39 Å². The van der Waals surface area contributed by atoms with E-state index in [1.165, 1.54) is 24.3 Å². The summed E-state index contributed by atoms with van der Waals surface area (Å²) in [4.78, 5) is 12.0. The van der Waals surface area contributed by atoms with Crippen LogP contribution in [0.15, 0.2) is 29.4 Å². The van der Waals surface area contributed by atoms with Crippen LogP contribution in [0, 0.1) is 5.82 Å². The molecule has 0 bridgehead atoms. The number of hydrogen-bond donors (Lipinski definition) is 1. The third-order valence-electron chi connectivity index (χ3n) is 3.73. The molecule has 122 valence electrons. The second-order valence-corrected chi connectivity index (χ2v) is 6.60. The Hall–Kier alpha value is -1.73. The van der Waals surface area contributed by atoms with Crippen molar-refractivity contribution in [3.8, 4) is 0 Å². The number of ketones is 1. The highest BCUT2D eigenvalue weighted by Crippen LogP contribution is 2.38. The maximum absolute atomic E-state index is 12.8. The van der Waals surface area contributed by atoms with Gasteiger partial charge in [-0.2, -0.15) is 0 Å². The lowest BCUT2D eigenvalue weighted by Crippen LogP contribution is -2.03. The minimum absolute atomic E-state index is 0.0188. The van der Waals surface area contributed by atoms with Crippen molar-refractivity contribution in [3.05, 3.63) is 41.5 Å².